The van der Waals surface area contributed by atoms with Crippen molar-refractivity contribution in [1.82, 2.24) is 19.9 Å². The third kappa shape index (κ3) is 3.66. The Morgan fingerprint density at radius 3 is 2.61 bits per heavy atom. The fourth-order valence-electron chi connectivity index (χ4n) is 4.04. The highest BCUT2D eigenvalue weighted by molar-refractivity contribution is 5.90. The lowest BCUT2D eigenvalue weighted by molar-refractivity contribution is 0.436. The van der Waals surface area contributed by atoms with Gasteiger partial charge in [-0.25, -0.2) is 18.7 Å². The Kier molecular flexibility index (Phi) is 5.18. The molecule has 0 fully saturated rings. The van der Waals surface area contributed by atoms with E-state index in [9.17, 15) is 4.39 Å². The molecule has 33 heavy (non-hydrogen) atoms. The Balaban J connectivity index is 1.73. The molecule has 2 heterocycles. The first-order valence-corrected chi connectivity index (χ1v) is 10.3. The number of benzene rings is 2. The summed E-state index contributed by atoms with van der Waals surface area (Å²) < 4.78 is 35.6. The van der Waals surface area contributed by atoms with Crippen molar-refractivity contribution >= 4 is 5.69 Å². The molecule has 166 valence electrons. The average molecular weight is 446 g/mol. The number of nitrogens with two attached hydrogens (primary N) is 1. The first-order chi connectivity index (χ1) is 16.0. The van der Waals surface area contributed by atoms with E-state index < -0.39 is 11.6 Å². The van der Waals surface area contributed by atoms with Crippen LogP contribution < -0.4 is 15.8 Å². The number of hydrogen-bond acceptors (Lipinski definition) is 7. The molecular formula is C24H20F2N6O. The normalized spacial score (nSPS) is 11.8. The van der Waals surface area contributed by atoms with Crippen molar-refractivity contribution in [1.29, 1.82) is 0 Å². The van der Waals surface area contributed by atoms with Gasteiger partial charge in [0.1, 0.15) is 17.5 Å². The van der Waals surface area contributed by atoms with E-state index in [-0.39, 0.29) is 18.1 Å². The number of fused-ring (bicyclic) bond motifs is 3. The van der Waals surface area contributed by atoms with E-state index in [4.69, 9.17) is 10.5 Å². The maximum absolute atomic E-state index is 15.3. The van der Waals surface area contributed by atoms with Crippen LogP contribution in [0.25, 0.3) is 22.4 Å². The van der Waals surface area contributed by atoms with Crippen LogP contribution in [0, 0.1) is 18.6 Å². The van der Waals surface area contributed by atoms with Gasteiger partial charge in [-0.1, -0.05) is 12.1 Å². The molecule has 0 unspecified atom stereocenters. The van der Waals surface area contributed by atoms with Crippen molar-refractivity contribution in [2.45, 2.75) is 19.9 Å². The van der Waals surface area contributed by atoms with Gasteiger partial charge in [-0.05, 0) is 36.2 Å². The monoisotopic (exact) mass is 446 g/mol. The highest BCUT2D eigenvalue weighted by atomic mass is 19.1. The number of aryl methyl sites for hydroxylation is 1. The lowest BCUT2D eigenvalue weighted by Crippen LogP contribution is -2.04. The van der Waals surface area contributed by atoms with Crippen LogP contribution in [0.4, 0.5) is 14.5 Å². The Morgan fingerprint density at radius 2 is 1.88 bits per heavy atom. The van der Waals surface area contributed by atoms with E-state index in [1.165, 1.54) is 24.5 Å². The second-order valence-corrected chi connectivity index (χ2v) is 7.63. The minimum absolute atomic E-state index is 0.0213. The second-order valence-electron chi connectivity index (χ2n) is 7.63. The summed E-state index contributed by atoms with van der Waals surface area (Å²) in [5, 5.41) is 3.03. The van der Waals surface area contributed by atoms with E-state index in [2.05, 4.69) is 25.3 Å². The van der Waals surface area contributed by atoms with Gasteiger partial charge in [-0.15, -0.1) is 0 Å². The van der Waals surface area contributed by atoms with Crippen molar-refractivity contribution in [3.63, 3.8) is 0 Å². The number of nitrogens with zero attached hydrogens (tertiary/aromatic N) is 4. The highest BCUT2D eigenvalue weighted by Gasteiger charge is 2.30. The SMILES string of the molecule is CNc1cc(F)cc2c1Cc1nc(Oc3cnc(C)nc3)nc(-c3cccc(CN)c3F)c1-2. The maximum atomic E-state index is 15.3. The smallest absolute Gasteiger partial charge is 0.322 e. The van der Waals surface area contributed by atoms with Crippen LogP contribution >= 0.6 is 0 Å². The zero-order valence-electron chi connectivity index (χ0n) is 18.0. The number of nitrogens with one attached hydrogen (secondary N) is 1. The molecule has 0 spiro atoms. The quantitative estimate of drug-likeness (QED) is 0.413. The molecule has 2 aromatic carbocycles. The van der Waals surface area contributed by atoms with Crippen molar-refractivity contribution < 1.29 is 13.5 Å². The summed E-state index contributed by atoms with van der Waals surface area (Å²) in [5.74, 6) is 0.0465. The molecule has 4 aromatic rings. The summed E-state index contributed by atoms with van der Waals surface area (Å²) in [5.41, 5.74) is 9.91. The number of ether oxygens (including phenoxy) is 1. The van der Waals surface area contributed by atoms with Gasteiger partial charge >= 0.3 is 6.01 Å². The van der Waals surface area contributed by atoms with Gasteiger partial charge in [0.15, 0.2) is 5.75 Å². The number of hydrogen-bond donors (Lipinski definition) is 2. The van der Waals surface area contributed by atoms with Gasteiger partial charge in [0.2, 0.25) is 0 Å². The first kappa shape index (κ1) is 20.9. The summed E-state index contributed by atoms with van der Waals surface area (Å²) in [6, 6.07) is 7.82. The van der Waals surface area contributed by atoms with E-state index in [1.54, 1.807) is 32.2 Å². The molecule has 0 atom stereocenters. The lowest BCUT2D eigenvalue weighted by Gasteiger charge is -2.14. The minimum Gasteiger partial charge on any atom is -0.421 e. The summed E-state index contributed by atoms with van der Waals surface area (Å²) in [6.45, 7) is 1.79. The molecule has 0 radical (unpaired) electrons. The summed E-state index contributed by atoms with van der Waals surface area (Å²) in [7, 11) is 1.72. The highest BCUT2D eigenvalue weighted by Crippen LogP contribution is 2.46. The van der Waals surface area contributed by atoms with Gasteiger partial charge < -0.3 is 15.8 Å². The van der Waals surface area contributed by atoms with Crippen LogP contribution in [0.5, 0.6) is 11.8 Å². The molecule has 3 N–H and O–H groups in total. The molecule has 9 heteroatoms. The van der Waals surface area contributed by atoms with E-state index >= 15 is 4.39 Å². The van der Waals surface area contributed by atoms with Crippen molar-refractivity contribution in [3.8, 4) is 34.1 Å². The predicted molar refractivity (Wildman–Crippen MR) is 120 cm³/mol. The minimum atomic E-state index is -0.482. The third-order valence-electron chi connectivity index (χ3n) is 5.58. The van der Waals surface area contributed by atoms with Crippen LogP contribution in [0.1, 0.15) is 22.6 Å². The first-order valence-electron chi connectivity index (χ1n) is 10.3. The molecule has 1 aliphatic rings. The van der Waals surface area contributed by atoms with Crippen molar-refractivity contribution in [2.75, 3.05) is 12.4 Å². The van der Waals surface area contributed by atoms with E-state index in [0.717, 1.165) is 5.56 Å². The van der Waals surface area contributed by atoms with Gasteiger partial charge in [-0.3, -0.25) is 0 Å². The molecule has 1 aliphatic carbocycles. The average Bonchev–Trinajstić information content (AvgIpc) is 3.18. The van der Waals surface area contributed by atoms with Crippen LogP contribution in [0.2, 0.25) is 0 Å². The fraction of sp³-hybridized carbons (Fsp3) is 0.167. The maximum Gasteiger partial charge on any atom is 0.322 e. The fourth-order valence-corrected chi connectivity index (χ4v) is 4.04. The molecule has 0 saturated carbocycles. The Hall–Kier alpha value is -3.98. The Bertz CT molecular complexity index is 1370. The van der Waals surface area contributed by atoms with Crippen molar-refractivity contribution in [2.24, 2.45) is 5.73 Å². The number of halogens is 2. The van der Waals surface area contributed by atoms with Crippen LogP contribution in [0.15, 0.2) is 42.7 Å². The van der Waals surface area contributed by atoms with Crippen LogP contribution in [-0.4, -0.2) is 27.0 Å². The van der Waals surface area contributed by atoms with E-state index in [1.807, 2.05) is 0 Å². The topological polar surface area (TPSA) is 98.8 Å². The van der Waals surface area contributed by atoms with Crippen LogP contribution in [0.3, 0.4) is 0 Å². The second kappa shape index (κ2) is 8.18. The summed E-state index contributed by atoms with van der Waals surface area (Å²) in [4.78, 5) is 17.3. The predicted octanol–water partition coefficient (Wildman–Crippen LogP) is 4.38. The standard InChI is InChI=1S/C24H20F2N6O/c1-12-29-10-15(11-30-12)33-24-31-20-8-17-18(6-14(25)7-19(17)28-2)21(20)23(32-24)16-5-3-4-13(9-27)22(16)26/h3-7,10-11,28H,8-9,27H2,1-2H3. The largest absolute Gasteiger partial charge is 0.421 e. The number of rotatable bonds is 5. The molecule has 0 saturated heterocycles. The van der Waals surface area contributed by atoms with Gasteiger partial charge in [-0.2, -0.15) is 9.97 Å². The number of aromatic nitrogens is 4. The zero-order valence-corrected chi connectivity index (χ0v) is 18.0. The molecule has 0 bridgehead atoms. The molecule has 5 rings (SSSR count). The molecule has 7 nitrogen and oxygen atoms in total. The van der Waals surface area contributed by atoms with Gasteiger partial charge in [0.25, 0.3) is 0 Å². The number of anilines is 1. The molecular weight excluding hydrogens is 426 g/mol. The van der Waals surface area contributed by atoms with Crippen LogP contribution in [-0.2, 0) is 13.0 Å². The Labute approximate surface area is 188 Å². The summed E-state index contributed by atoms with van der Waals surface area (Å²) >= 11 is 0. The zero-order chi connectivity index (χ0) is 23.1. The van der Waals surface area contributed by atoms with Crippen molar-refractivity contribution in [3.05, 3.63) is 77.0 Å². The third-order valence-corrected chi connectivity index (χ3v) is 5.58. The molecule has 0 aliphatic heterocycles. The molecule has 2 aromatic heterocycles. The molecule has 0 amide bonds. The Morgan fingerprint density at radius 1 is 1.09 bits per heavy atom. The van der Waals surface area contributed by atoms with E-state index in [0.29, 0.717) is 51.8 Å². The van der Waals surface area contributed by atoms with Gasteiger partial charge in [0.05, 0.1) is 23.8 Å². The lowest BCUT2D eigenvalue weighted by atomic mass is 9.98. The van der Waals surface area contributed by atoms with Gasteiger partial charge in [0, 0.05) is 42.4 Å². The summed E-state index contributed by atoms with van der Waals surface area (Å²) in [6.07, 6.45) is 3.44.